The first kappa shape index (κ1) is 14.9. The number of rotatable bonds is 4. The summed E-state index contributed by atoms with van der Waals surface area (Å²) in [5, 5.41) is 13.2. The van der Waals surface area contributed by atoms with Crippen LogP contribution in [-0.4, -0.2) is 29.3 Å². The van der Waals surface area contributed by atoms with Gasteiger partial charge in [-0.15, -0.1) is 0 Å². The maximum Gasteiger partial charge on any atom is 0.151 e. The van der Waals surface area contributed by atoms with Gasteiger partial charge in [-0.1, -0.05) is 24.3 Å². The quantitative estimate of drug-likeness (QED) is 0.911. The molecule has 4 heteroatoms. The summed E-state index contributed by atoms with van der Waals surface area (Å²) in [7, 11) is 0. The molecule has 1 fully saturated rings. The molecule has 0 unspecified atom stereocenters. The van der Waals surface area contributed by atoms with Crippen molar-refractivity contribution in [3.05, 3.63) is 53.7 Å². The number of aliphatic hydroxyl groups is 1. The molecule has 2 N–H and O–H groups in total. The molecule has 0 radical (unpaired) electrons. The van der Waals surface area contributed by atoms with Crippen LogP contribution in [0.15, 0.2) is 42.6 Å². The zero-order valence-electron chi connectivity index (χ0n) is 13.0. The van der Waals surface area contributed by atoms with Crippen LogP contribution in [0.4, 0.5) is 11.5 Å². The monoisotopic (exact) mass is 297 g/mol. The summed E-state index contributed by atoms with van der Waals surface area (Å²) in [5.41, 5.74) is 3.65. The minimum Gasteiger partial charge on any atom is -0.393 e. The zero-order chi connectivity index (χ0) is 15.4. The van der Waals surface area contributed by atoms with Gasteiger partial charge in [0.05, 0.1) is 11.8 Å². The molecule has 2 aromatic rings. The van der Waals surface area contributed by atoms with Crippen LogP contribution in [0.1, 0.15) is 24.0 Å². The average molecular weight is 297 g/mol. The number of nitrogens with one attached hydrogen (secondary N) is 1. The Morgan fingerprint density at radius 3 is 2.73 bits per heavy atom. The van der Waals surface area contributed by atoms with Gasteiger partial charge < -0.3 is 15.3 Å². The summed E-state index contributed by atoms with van der Waals surface area (Å²) >= 11 is 0. The van der Waals surface area contributed by atoms with E-state index < -0.39 is 0 Å². The summed E-state index contributed by atoms with van der Waals surface area (Å²) in [6, 6.07) is 12.4. The highest BCUT2D eigenvalue weighted by Crippen LogP contribution is 2.26. The van der Waals surface area contributed by atoms with Gasteiger partial charge in [0.2, 0.25) is 0 Å². The first-order valence-corrected chi connectivity index (χ1v) is 7.90. The minimum absolute atomic E-state index is 0.164. The lowest BCUT2D eigenvalue weighted by atomic mass is 10.1. The fraction of sp³-hybridized carbons (Fsp3) is 0.389. The first-order chi connectivity index (χ1) is 10.7. The van der Waals surface area contributed by atoms with Crippen LogP contribution in [0, 0.1) is 6.92 Å². The second-order valence-corrected chi connectivity index (χ2v) is 5.87. The SMILES string of the molecule is Cc1ccccc1CNc1cccnc1N1CCC(O)CC1. The number of aliphatic hydroxyl groups excluding tert-OH is 1. The van der Waals surface area contributed by atoms with Crippen molar-refractivity contribution >= 4 is 11.5 Å². The molecule has 1 aromatic carbocycles. The Hall–Kier alpha value is -2.07. The number of pyridine rings is 1. The Morgan fingerprint density at radius 1 is 1.18 bits per heavy atom. The maximum atomic E-state index is 9.66. The largest absolute Gasteiger partial charge is 0.393 e. The summed E-state index contributed by atoms with van der Waals surface area (Å²) in [6.07, 6.45) is 3.30. The number of anilines is 2. The first-order valence-electron chi connectivity index (χ1n) is 7.90. The van der Waals surface area contributed by atoms with Crippen LogP contribution in [0.3, 0.4) is 0 Å². The normalized spacial score (nSPS) is 15.8. The van der Waals surface area contributed by atoms with Gasteiger partial charge in [-0.2, -0.15) is 0 Å². The number of piperidine rings is 1. The van der Waals surface area contributed by atoms with Gasteiger partial charge in [0, 0.05) is 25.8 Å². The van der Waals surface area contributed by atoms with Crippen LogP contribution in [0.2, 0.25) is 0 Å². The van der Waals surface area contributed by atoms with Crippen LogP contribution >= 0.6 is 0 Å². The van der Waals surface area contributed by atoms with Gasteiger partial charge in [-0.3, -0.25) is 0 Å². The van der Waals surface area contributed by atoms with E-state index >= 15 is 0 Å². The lowest BCUT2D eigenvalue weighted by molar-refractivity contribution is 0.145. The van der Waals surface area contributed by atoms with Crippen molar-refractivity contribution in [3.8, 4) is 0 Å². The Morgan fingerprint density at radius 2 is 1.95 bits per heavy atom. The van der Waals surface area contributed by atoms with Crippen LogP contribution in [0.5, 0.6) is 0 Å². The van der Waals surface area contributed by atoms with Gasteiger partial charge in [0.25, 0.3) is 0 Å². The van der Waals surface area contributed by atoms with Crippen LogP contribution in [0.25, 0.3) is 0 Å². The number of hydrogen-bond donors (Lipinski definition) is 2. The van der Waals surface area contributed by atoms with E-state index in [4.69, 9.17) is 0 Å². The number of aromatic nitrogens is 1. The van der Waals surface area contributed by atoms with E-state index in [2.05, 4.69) is 52.5 Å². The molecule has 0 aliphatic carbocycles. The Bertz CT molecular complexity index is 621. The predicted molar refractivity (Wildman–Crippen MR) is 90.2 cm³/mol. The van der Waals surface area contributed by atoms with Gasteiger partial charge in [-0.25, -0.2) is 4.98 Å². The van der Waals surface area contributed by atoms with E-state index in [1.807, 2.05) is 12.3 Å². The standard InChI is InChI=1S/C18H23N3O/c1-14-5-2-3-6-15(14)13-20-17-7-4-10-19-18(17)21-11-8-16(22)9-12-21/h2-7,10,16,20,22H,8-9,11-13H2,1H3. The third-order valence-corrected chi connectivity index (χ3v) is 4.28. The number of benzene rings is 1. The summed E-state index contributed by atoms with van der Waals surface area (Å²) < 4.78 is 0. The van der Waals surface area contributed by atoms with Crippen molar-refractivity contribution in [3.63, 3.8) is 0 Å². The number of hydrogen-bond acceptors (Lipinski definition) is 4. The molecule has 116 valence electrons. The molecule has 1 saturated heterocycles. The molecule has 0 amide bonds. The summed E-state index contributed by atoms with van der Waals surface area (Å²) in [4.78, 5) is 6.80. The van der Waals surface area contributed by atoms with E-state index in [0.29, 0.717) is 0 Å². The van der Waals surface area contributed by atoms with Gasteiger partial charge in [-0.05, 0) is 43.0 Å². The fourth-order valence-corrected chi connectivity index (χ4v) is 2.86. The smallest absolute Gasteiger partial charge is 0.151 e. The lowest BCUT2D eigenvalue weighted by Crippen LogP contribution is -2.36. The molecular weight excluding hydrogens is 274 g/mol. The predicted octanol–water partition coefficient (Wildman–Crippen LogP) is 2.96. The highest BCUT2D eigenvalue weighted by atomic mass is 16.3. The second-order valence-electron chi connectivity index (χ2n) is 5.87. The molecule has 1 aliphatic heterocycles. The van der Waals surface area contributed by atoms with E-state index in [0.717, 1.165) is 44.0 Å². The lowest BCUT2D eigenvalue weighted by Gasteiger charge is -2.31. The highest BCUT2D eigenvalue weighted by molar-refractivity contribution is 5.65. The van der Waals surface area contributed by atoms with Crippen LogP contribution < -0.4 is 10.2 Å². The molecule has 3 rings (SSSR count). The van der Waals surface area contributed by atoms with E-state index in [1.54, 1.807) is 0 Å². The molecule has 0 atom stereocenters. The van der Waals surface area contributed by atoms with E-state index in [-0.39, 0.29) is 6.10 Å². The van der Waals surface area contributed by atoms with Gasteiger partial charge in [0.15, 0.2) is 5.82 Å². The zero-order valence-corrected chi connectivity index (χ0v) is 13.0. The number of nitrogens with zero attached hydrogens (tertiary/aromatic N) is 2. The van der Waals surface area contributed by atoms with Crippen molar-refractivity contribution in [2.75, 3.05) is 23.3 Å². The van der Waals surface area contributed by atoms with E-state index in [9.17, 15) is 5.11 Å². The Labute approximate surface area is 131 Å². The van der Waals surface area contributed by atoms with Gasteiger partial charge in [0.1, 0.15) is 0 Å². The van der Waals surface area contributed by atoms with Crippen molar-refractivity contribution in [1.82, 2.24) is 4.98 Å². The highest BCUT2D eigenvalue weighted by Gasteiger charge is 2.20. The minimum atomic E-state index is -0.164. The van der Waals surface area contributed by atoms with Crippen LogP contribution in [-0.2, 0) is 6.54 Å². The van der Waals surface area contributed by atoms with Crippen molar-refractivity contribution in [1.29, 1.82) is 0 Å². The summed E-state index contributed by atoms with van der Waals surface area (Å²) in [6.45, 7) is 4.64. The molecule has 0 spiro atoms. The third kappa shape index (κ3) is 3.39. The number of aryl methyl sites for hydroxylation is 1. The molecule has 4 nitrogen and oxygen atoms in total. The van der Waals surface area contributed by atoms with E-state index in [1.165, 1.54) is 11.1 Å². The molecule has 2 heterocycles. The van der Waals surface area contributed by atoms with Crippen molar-refractivity contribution in [2.24, 2.45) is 0 Å². The molecule has 0 saturated carbocycles. The topological polar surface area (TPSA) is 48.4 Å². The second kappa shape index (κ2) is 6.79. The molecule has 0 bridgehead atoms. The third-order valence-electron chi connectivity index (χ3n) is 4.28. The molecule has 1 aliphatic rings. The Balaban J connectivity index is 1.73. The molecule has 1 aromatic heterocycles. The molecule has 22 heavy (non-hydrogen) atoms. The average Bonchev–Trinajstić information content (AvgIpc) is 2.55. The van der Waals surface area contributed by atoms with Gasteiger partial charge >= 0.3 is 0 Å². The Kier molecular flexibility index (Phi) is 4.59. The molecular formula is C18H23N3O. The summed E-state index contributed by atoms with van der Waals surface area (Å²) in [5.74, 6) is 0.989. The van der Waals surface area contributed by atoms with Crippen molar-refractivity contribution in [2.45, 2.75) is 32.4 Å². The maximum absolute atomic E-state index is 9.66. The fourth-order valence-electron chi connectivity index (χ4n) is 2.86. The van der Waals surface area contributed by atoms with Crippen molar-refractivity contribution < 1.29 is 5.11 Å².